The lowest BCUT2D eigenvalue weighted by Crippen LogP contribution is -2.49. The van der Waals surface area contributed by atoms with E-state index >= 15 is 0 Å². The summed E-state index contributed by atoms with van der Waals surface area (Å²) in [6.07, 6.45) is 0. The fraction of sp³-hybridized carbons (Fsp3) is 0.286. The second-order valence-corrected chi connectivity index (χ2v) is 9.01. The van der Waals surface area contributed by atoms with Crippen LogP contribution in [0.5, 0.6) is 0 Å². The molecule has 0 radical (unpaired) electrons. The molecule has 0 bridgehead atoms. The lowest BCUT2D eigenvalue weighted by atomic mass is 9.98. The number of benzene rings is 3. The Kier molecular flexibility index (Phi) is 8.55. The van der Waals surface area contributed by atoms with Crippen molar-refractivity contribution in [1.29, 1.82) is 0 Å². The second kappa shape index (κ2) is 11.6. The molecule has 6 heteroatoms. The van der Waals surface area contributed by atoms with Crippen LogP contribution in [0.15, 0.2) is 72.8 Å². The minimum Gasteiger partial charge on any atom is -0.350 e. The molecule has 0 aliphatic carbocycles. The van der Waals surface area contributed by atoms with E-state index < -0.39 is 17.8 Å². The monoisotopic (exact) mass is 461 g/mol. The first-order valence-corrected chi connectivity index (χ1v) is 11.4. The summed E-state index contributed by atoms with van der Waals surface area (Å²) in [6, 6.07) is 20.9. The van der Waals surface area contributed by atoms with Crippen LogP contribution in [0.1, 0.15) is 35.3 Å². The van der Waals surface area contributed by atoms with Gasteiger partial charge in [0.1, 0.15) is 11.9 Å². The van der Waals surface area contributed by atoms with Crippen molar-refractivity contribution in [3.05, 3.63) is 95.3 Å². The average molecular weight is 462 g/mol. The van der Waals surface area contributed by atoms with Crippen LogP contribution in [0.4, 0.5) is 4.39 Å². The molecule has 1 unspecified atom stereocenters. The molecule has 0 aliphatic heterocycles. The van der Waals surface area contributed by atoms with Crippen LogP contribution >= 0.6 is 0 Å². The summed E-state index contributed by atoms with van der Waals surface area (Å²) in [5, 5.41) is 5.75. The Balaban J connectivity index is 1.69. The Morgan fingerprint density at radius 1 is 0.912 bits per heavy atom. The minimum atomic E-state index is -0.713. The Bertz CT molecular complexity index is 1110. The van der Waals surface area contributed by atoms with Gasteiger partial charge in [-0.05, 0) is 66.5 Å². The number of nitrogens with one attached hydrogen (secondary N) is 2. The molecule has 0 heterocycles. The molecule has 3 aromatic carbocycles. The van der Waals surface area contributed by atoms with Gasteiger partial charge in [0, 0.05) is 18.7 Å². The minimum absolute atomic E-state index is 0.121. The van der Waals surface area contributed by atoms with E-state index in [0.29, 0.717) is 12.1 Å². The Morgan fingerprint density at radius 3 is 2.18 bits per heavy atom. The van der Waals surface area contributed by atoms with Gasteiger partial charge in [0.2, 0.25) is 5.91 Å². The largest absolute Gasteiger partial charge is 0.350 e. The van der Waals surface area contributed by atoms with Gasteiger partial charge in [-0.1, -0.05) is 62.4 Å². The van der Waals surface area contributed by atoms with Gasteiger partial charge in [-0.2, -0.15) is 0 Å². The maximum atomic E-state index is 13.2. The van der Waals surface area contributed by atoms with Gasteiger partial charge in [-0.15, -0.1) is 0 Å². The molecular weight excluding hydrogens is 429 g/mol. The van der Waals surface area contributed by atoms with Crippen molar-refractivity contribution >= 4 is 11.8 Å². The Hall–Kier alpha value is -3.51. The van der Waals surface area contributed by atoms with Crippen LogP contribution in [0.2, 0.25) is 0 Å². The third-order valence-electron chi connectivity index (χ3n) is 5.58. The molecule has 3 rings (SSSR count). The molecule has 0 fully saturated rings. The fourth-order valence-electron chi connectivity index (χ4n) is 3.76. The van der Waals surface area contributed by atoms with E-state index in [1.54, 1.807) is 0 Å². The van der Waals surface area contributed by atoms with Crippen molar-refractivity contribution in [2.24, 2.45) is 5.92 Å². The van der Waals surface area contributed by atoms with Crippen molar-refractivity contribution in [3.8, 4) is 11.1 Å². The third kappa shape index (κ3) is 6.75. The lowest BCUT2D eigenvalue weighted by Gasteiger charge is -2.22. The lowest BCUT2D eigenvalue weighted by molar-refractivity contribution is -0.124. The topological polar surface area (TPSA) is 61.4 Å². The van der Waals surface area contributed by atoms with Gasteiger partial charge in [-0.25, -0.2) is 4.39 Å². The van der Waals surface area contributed by atoms with E-state index in [-0.39, 0.29) is 11.8 Å². The number of rotatable bonds is 9. The highest BCUT2D eigenvalue weighted by Crippen LogP contribution is 2.24. The Morgan fingerprint density at radius 2 is 1.56 bits per heavy atom. The number of hydrogen-bond acceptors (Lipinski definition) is 3. The first-order valence-electron chi connectivity index (χ1n) is 11.4. The maximum absolute atomic E-state index is 13.2. The van der Waals surface area contributed by atoms with Gasteiger partial charge in [0.05, 0.1) is 0 Å². The Labute approximate surface area is 201 Å². The predicted molar refractivity (Wildman–Crippen MR) is 134 cm³/mol. The van der Waals surface area contributed by atoms with Crippen LogP contribution < -0.4 is 10.6 Å². The zero-order chi connectivity index (χ0) is 24.7. The normalized spacial score (nSPS) is 12.0. The molecular formula is C28H32FN3O2. The summed E-state index contributed by atoms with van der Waals surface area (Å²) >= 11 is 0. The molecule has 34 heavy (non-hydrogen) atoms. The van der Waals surface area contributed by atoms with Crippen molar-refractivity contribution in [1.82, 2.24) is 15.5 Å². The van der Waals surface area contributed by atoms with Gasteiger partial charge < -0.3 is 15.5 Å². The van der Waals surface area contributed by atoms with Gasteiger partial charge in [-0.3, -0.25) is 9.59 Å². The predicted octanol–water partition coefficient (Wildman–Crippen LogP) is 4.63. The molecule has 0 spiro atoms. The molecule has 0 saturated carbocycles. The molecule has 0 saturated heterocycles. The fourth-order valence-corrected chi connectivity index (χ4v) is 3.76. The molecule has 0 aromatic heterocycles. The van der Waals surface area contributed by atoms with Crippen LogP contribution in [0.3, 0.4) is 0 Å². The van der Waals surface area contributed by atoms with E-state index in [4.69, 9.17) is 0 Å². The maximum Gasteiger partial charge on any atom is 0.251 e. The summed E-state index contributed by atoms with van der Waals surface area (Å²) in [6.45, 7) is 4.96. The van der Waals surface area contributed by atoms with Crippen LogP contribution in [0.25, 0.3) is 11.1 Å². The SMILES string of the molecule is CC(C)C(NC(=O)c1ccc(F)cc1)C(=O)NCc1ccccc1-c1ccc(CN(C)C)cc1. The first kappa shape index (κ1) is 25.1. The van der Waals surface area contributed by atoms with E-state index in [2.05, 4.69) is 39.8 Å². The molecule has 178 valence electrons. The molecule has 2 amide bonds. The smallest absolute Gasteiger partial charge is 0.251 e. The van der Waals surface area contributed by atoms with Crippen molar-refractivity contribution < 1.29 is 14.0 Å². The zero-order valence-electron chi connectivity index (χ0n) is 20.1. The summed E-state index contributed by atoms with van der Waals surface area (Å²) in [5.74, 6) is -1.21. The molecule has 3 aromatic rings. The van der Waals surface area contributed by atoms with Gasteiger partial charge in [0.25, 0.3) is 5.91 Å². The molecule has 5 nitrogen and oxygen atoms in total. The number of nitrogens with zero attached hydrogens (tertiary/aromatic N) is 1. The number of amides is 2. The van der Waals surface area contributed by atoms with E-state index in [9.17, 15) is 14.0 Å². The van der Waals surface area contributed by atoms with Crippen LogP contribution in [0, 0.1) is 11.7 Å². The van der Waals surface area contributed by atoms with Crippen LogP contribution in [-0.4, -0.2) is 36.9 Å². The highest BCUT2D eigenvalue weighted by molar-refractivity contribution is 5.97. The standard InChI is InChI=1S/C28H32FN3O2/c1-19(2)26(31-27(33)22-13-15-24(29)16-14-22)28(34)30-17-23-7-5-6-8-25(23)21-11-9-20(10-12-21)18-32(3)4/h5-16,19,26H,17-18H2,1-4H3,(H,30,34)(H,31,33). The number of hydrogen-bond donors (Lipinski definition) is 2. The van der Waals surface area contributed by atoms with Gasteiger partial charge >= 0.3 is 0 Å². The summed E-state index contributed by atoms with van der Waals surface area (Å²) in [4.78, 5) is 27.7. The number of carbonyl (C=O) groups is 2. The molecule has 2 N–H and O–H groups in total. The zero-order valence-corrected chi connectivity index (χ0v) is 20.1. The average Bonchev–Trinajstić information content (AvgIpc) is 2.81. The summed E-state index contributed by atoms with van der Waals surface area (Å²) in [5.41, 5.74) is 4.66. The van der Waals surface area contributed by atoms with E-state index in [0.717, 1.165) is 23.2 Å². The quantitative estimate of drug-likeness (QED) is 0.489. The number of halogens is 1. The first-order chi connectivity index (χ1) is 16.2. The number of carbonyl (C=O) groups excluding carboxylic acids is 2. The highest BCUT2D eigenvalue weighted by atomic mass is 19.1. The van der Waals surface area contributed by atoms with Crippen molar-refractivity contribution in [3.63, 3.8) is 0 Å². The molecule has 1 atom stereocenters. The second-order valence-electron chi connectivity index (χ2n) is 9.01. The molecule has 0 aliphatic rings. The third-order valence-corrected chi connectivity index (χ3v) is 5.58. The van der Waals surface area contributed by atoms with Gasteiger partial charge in [0.15, 0.2) is 0 Å². The van der Waals surface area contributed by atoms with Crippen molar-refractivity contribution in [2.75, 3.05) is 14.1 Å². The van der Waals surface area contributed by atoms with E-state index in [1.165, 1.54) is 29.8 Å². The van der Waals surface area contributed by atoms with Crippen LogP contribution in [-0.2, 0) is 17.9 Å². The van der Waals surface area contributed by atoms with Crippen molar-refractivity contribution in [2.45, 2.75) is 33.0 Å². The van der Waals surface area contributed by atoms with E-state index in [1.807, 2.05) is 52.2 Å². The highest BCUT2D eigenvalue weighted by Gasteiger charge is 2.24. The summed E-state index contributed by atoms with van der Waals surface area (Å²) in [7, 11) is 4.08. The summed E-state index contributed by atoms with van der Waals surface area (Å²) < 4.78 is 13.2.